The first kappa shape index (κ1) is 20.8. The van der Waals surface area contributed by atoms with Crippen molar-refractivity contribution < 1.29 is 28.3 Å². The second-order valence-corrected chi connectivity index (χ2v) is 6.54. The summed E-state index contributed by atoms with van der Waals surface area (Å²) in [5, 5.41) is 2.57. The molecule has 0 aliphatic rings. The van der Waals surface area contributed by atoms with Gasteiger partial charge in [0.05, 0.1) is 11.7 Å². The molecule has 0 bridgehead atoms. The van der Waals surface area contributed by atoms with Crippen LogP contribution in [0.5, 0.6) is 0 Å². The fourth-order valence-electron chi connectivity index (χ4n) is 2.45. The Morgan fingerprint density at radius 1 is 1.10 bits per heavy atom. The van der Waals surface area contributed by atoms with Crippen LogP contribution in [-0.2, 0) is 19.1 Å². The van der Waals surface area contributed by atoms with Gasteiger partial charge in [-0.05, 0) is 50.2 Å². The molecular weight excluding hydrogens is 388 g/mol. The molecule has 0 saturated heterocycles. The molecule has 8 nitrogen and oxygen atoms in total. The number of carbonyl (C=O) groups excluding carboxylic acids is 3. The lowest BCUT2D eigenvalue weighted by Gasteiger charge is -2.09. The van der Waals surface area contributed by atoms with Crippen molar-refractivity contribution in [2.24, 2.45) is 0 Å². The third-order valence-corrected chi connectivity index (χ3v) is 3.77. The molecule has 0 fully saturated rings. The van der Waals surface area contributed by atoms with Crippen LogP contribution in [0, 0.1) is 0 Å². The van der Waals surface area contributed by atoms with Gasteiger partial charge >= 0.3 is 11.9 Å². The molecule has 0 spiro atoms. The van der Waals surface area contributed by atoms with E-state index in [1.54, 1.807) is 38.1 Å². The second-order valence-electron chi connectivity index (χ2n) is 6.54. The standard InChI is InChI=1S/C22H20N2O6/c1-14(2)29-22(27)15-7-9-16(10-8-15)23-19(25)13-28-21(26)12-11-20-24-17-5-3-4-6-18(17)30-20/h3-12,14H,13H2,1-2H3,(H,23,25)/b12-11+. The zero-order chi connectivity index (χ0) is 21.5. The Balaban J connectivity index is 1.46. The summed E-state index contributed by atoms with van der Waals surface area (Å²) in [6.45, 7) is 3.06. The monoisotopic (exact) mass is 408 g/mol. The number of nitrogens with one attached hydrogen (secondary N) is 1. The molecule has 0 saturated carbocycles. The predicted octanol–water partition coefficient (Wildman–Crippen LogP) is 3.59. The van der Waals surface area contributed by atoms with Gasteiger partial charge in [0.2, 0.25) is 5.89 Å². The van der Waals surface area contributed by atoms with Gasteiger partial charge in [-0.15, -0.1) is 0 Å². The zero-order valence-electron chi connectivity index (χ0n) is 16.5. The van der Waals surface area contributed by atoms with E-state index in [1.165, 1.54) is 18.2 Å². The number of amides is 1. The van der Waals surface area contributed by atoms with E-state index in [0.717, 1.165) is 6.08 Å². The summed E-state index contributed by atoms with van der Waals surface area (Å²) in [6, 6.07) is 13.4. The Bertz CT molecular complexity index is 1050. The van der Waals surface area contributed by atoms with E-state index in [1.807, 2.05) is 12.1 Å². The Morgan fingerprint density at radius 2 is 1.83 bits per heavy atom. The molecule has 0 aliphatic heterocycles. The summed E-state index contributed by atoms with van der Waals surface area (Å²) in [7, 11) is 0. The van der Waals surface area contributed by atoms with E-state index >= 15 is 0 Å². The number of nitrogens with zero attached hydrogens (tertiary/aromatic N) is 1. The number of hydrogen-bond donors (Lipinski definition) is 1. The predicted molar refractivity (Wildman–Crippen MR) is 110 cm³/mol. The molecule has 1 aromatic heterocycles. The SMILES string of the molecule is CC(C)OC(=O)c1ccc(NC(=O)COC(=O)/C=C/c2nc3ccccc3o2)cc1. The minimum absolute atomic E-state index is 0.219. The number of hydrogen-bond acceptors (Lipinski definition) is 7. The number of ether oxygens (including phenoxy) is 2. The molecule has 0 radical (unpaired) electrons. The lowest BCUT2D eigenvalue weighted by atomic mass is 10.2. The maximum atomic E-state index is 11.9. The molecule has 1 amide bonds. The molecule has 8 heteroatoms. The lowest BCUT2D eigenvalue weighted by molar-refractivity contribution is -0.142. The number of carbonyl (C=O) groups is 3. The van der Waals surface area contributed by atoms with Gasteiger partial charge in [0.15, 0.2) is 12.2 Å². The molecule has 1 N–H and O–H groups in total. The van der Waals surface area contributed by atoms with Gasteiger partial charge in [-0.25, -0.2) is 14.6 Å². The van der Waals surface area contributed by atoms with E-state index in [9.17, 15) is 14.4 Å². The van der Waals surface area contributed by atoms with Gasteiger partial charge in [-0.1, -0.05) is 12.1 Å². The van der Waals surface area contributed by atoms with E-state index in [-0.39, 0.29) is 12.0 Å². The summed E-state index contributed by atoms with van der Waals surface area (Å²) >= 11 is 0. The number of para-hydroxylation sites is 2. The molecule has 3 rings (SSSR count). The number of anilines is 1. The summed E-state index contributed by atoms with van der Waals surface area (Å²) in [6.07, 6.45) is 2.28. The molecule has 0 aliphatic carbocycles. The van der Waals surface area contributed by atoms with Crippen molar-refractivity contribution in [3.63, 3.8) is 0 Å². The number of fused-ring (bicyclic) bond motifs is 1. The highest BCUT2D eigenvalue weighted by atomic mass is 16.5. The molecule has 2 aromatic carbocycles. The maximum Gasteiger partial charge on any atom is 0.338 e. The van der Waals surface area contributed by atoms with Gasteiger partial charge in [-0.2, -0.15) is 0 Å². The van der Waals surface area contributed by atoms with Crippen molar-refractivity contribution in [3.05, 3.63) is 66.1 Å². The highest BCUT2D eigenvalue weighted by Gasteiger charge is 2.10. The summed E-state index contributed by atoms with van der Waals surface area (Å²) in [5.74, 6) is -1.41. The van der Waals surface area contributed by atoms with Crippen molar-refractivity contribution in [1.82, 2.24) is 4.98 Å². The Morgan fingerprint density at radius 3 is 2.53 bits per heavy atom. The average molecular weight is 408 g/mol. The third-order valence-electron chi connectivity index (χ3n) is 3.77. The van der Waals surface area contributed by atoms with Crippen molar-refractivity contribution in [2.45, 2.75) is 20.0 Å². The second kappa shape index (κ2) is 9.51. The first-order valence-electron chi connectivity index (χ1n) is 9.22. The van der Waals surface area contributed by atoms with Crippen LogP contribution in [0.2, 0.25) is 0 Å². The number of rotatable bonds is 7. The topological polar surface area (TPSA) is 108 Å². The smallest absolute Gasteiger partial charge is 0.338 e. The van der Waals surface area contributed by atoms with Crippen LogP contribution in [0.15, 0.2) is 59.0 Å². The number of benzene rings is 2. The van der Waals surface area contributed by atoms with E-state index in [0.29, 0.717) is 22.4 Å². The third kappa shape index (κ3) is 5.78. The van der Waals surface area contributed by atoms with E-state index < -0.39 is 24.5 Å². The first-order chi connectivity index (χ1) is 14.4. The zero-order valence-corrected chi connectivity index (χ0v) is 16.5. The van der Waals surface area contributed by atoms with Gasteiger partial charge in [0.25, 0.3) is 5.91 Å². The molecule has 0 unspecified atom stereocenters. The molecule has 30 heavy (non-hydrogen) atoms. The van der Waals surface area contributed by atoms with Crippen LogP contribution in [0.1, 0.15) is 30.1 Å². The van der Waals surface area contributed by atoms with Crippen LogP contribution in [0.25, 0.3) is 17.2 Å². The van der Waals surface area contributed by atoms with Crippen LogP contribution in [0.4, 0.5) is 5.69 Å². The fourth-order valence-corrected chi connectivity index (χ4v) is 2.45. The molecule has 0 atom stereocenters. The minimum atomic E-state index is -0.709. The molecule has 154 valence electrons. The lowest BCUT2D eigenvalue weighted by Crippen LogP contribution is -2.20. The Kier molecular flexibility index (Phi) is 6.59. The number of oxazole rings is 1. The van der Waals surface area contributed by atoms with Gasteiger partial charge < -0.3 is 19.2 Å². The maximum absolute atomic E-state index is 11.9. The molecule has 1 heterocycles. The molecular formula is C22H20N2O6. The number of aromatic nitrogens is 1. The highest BCUT2D eigenvalue weighted by molar-refractivity contribution is 5.95. The highest BCUT2D eigenvalue weighted by Crippen LogP contribution is 2.15. The Labute approximate surface area is 172 Å². The first-order valence-corrected chi connectivity index (χ1v) is 9.22. The van der Waals surface area contributed by atoms with Crippen LogP contribution >= 0.6 is 0 Å². The van der Waals surface area contributed by atoms with Crippen LogP contribution < -0.4 is 5.32 Å². The van der Waals surface area contributed by atoms with Crippen molar-refractivity contribution in [1.29, 1.82) is 0 Å². The van der Waals surface area contributed by atoms with Crippen molar-refractivity contribution in [2.75, 3.05) is 11.9 Å². The minimum Gasteiger partial charge on any atom is -0.459 e. The summed E-state index contributed by atoms with van der Waals surface area (Å²) in [5.41, 5.74) is 2.11. The normalized spacial score (nSPS) is 11.0. The Hall–Kier alpha value is -3.94. The van der Waals surface area contributed by atoms with E-state index in [4.69, 9.17) is 13.9 Å². The van der Waals surface area contributed by atoms with Gasteiger partial charge in [-0.3, -0.25) is 4.79 Å². The quantitative estimate of drug-likeness (QED) is 0.470. The molecule has 3 aromatic rings. The van der Waals surface area contributed by atoms with Crippen molar-refractivity contribution in [3.8, 4) is 0 Å². The average Bonchev–Trinajstić information content (AvgIpc) is 3.14. The van der Waals surface area contributed by atoms with Gasteiger partial charge in [0.1, 0.15) is 5.52 Å². The summed E-state index contributed by atoms with van der Waals surface area (Å²) < 4.78 is 15.4. The van der Waals surface area contributed by atoms with Crippen LogP contribution in [0.3, 0.4) is 0 Å². The number of esters is 2. The largest absolute Gasteiger partial charge is 0.459 e. The fraction of sp³-hybridized carbons (Fsp3) is 0.182. The van der Waals surface area contributed by atoms with Gasteiger partial charge in [0, 0.05) is 17.8 Å². The van der Waals surface area contributed by atoms with Crippen LogP contribution in [-0.4, -0.2) is 35.5 Å². The van der Waals surface area contributed by atoms with Crippen molar-refractivity contribution >= 4 is 40.7 Å². The van der Waals surface area contributed by atoms with E-state index in [2.05, 4.69) is 10.3 Å². The summed E-state index contributed by atoms with van der Waals surface area (Å²) in [4.78, 5) is 39.7.